The van der Waals surface area contributed by atoms with Crippen LogP contribution in [0.2, 0.25) is 0 Å². The number of halogens is 1. The molecule has 0 aromatic carbocycles. The molecular formula is C8H3BrN2O. The lowest BCUT2D eigenvalue weighted by Crippen LogP contribution is -1.80. The fourth-order valence-corrected chi connectivity index (χ4v) is 1.42. The first-order chi connectivity index (χ1) is 5.83. The third kappa shape index (κ3) is 0.908. The third-order valence-corrected chi connectivity index (χ3v) is 2.16. The molecule has 2 aromatic rings. The fraction of sp³-hybridized carbons (Fsp3) is 0. The molecule has 0 N–H and O–H groups in total. The van der Waals surface area contributed by atoms with Crippen molar-refractivity contribution < 1.29 is 4.42 Å². The standard InChI is InChI=1S/C8H3BrN2O/c9-6-4-12-8-5(6)1-2-11-7(8)3-10/h1-2,4H. The normalized spacial score (nSPS) is 10.0. The summed E-state index contributed by atoms with van der Waals surface area (Å²) in [6.07, 6.45) is 3.13. The van der Waals surface area contributed by atoms with Crippen molar-refractivity contribution in [3.05, 3.63) is 28.7 Å². The van der Waals surface area contributed by atoms with Crippen molar-refractivity contribution in [2.45, 2.75) is 0 Å². The predicted molar refractivity (Wildman–Crippen MR) is 46.4 cm³/mol. The van der Waals surface area contributed by atoms with Gasteiger partial charge in [0.15, 0.2) is 11.3 Å². The van der Waals surface area contributed by atoms with Gasteiger partial charge in [-0.15, -0.1) is 0 Å². The summed E-state index contributed by atoms with van der Waals surface area (Å²) < 4.78 is 5.98. The molecule has 2 heterocycles. The van der Waals surface area contributed by atoms with Crippen molar-refractivity contribution in [1.82, 2.24) is 4.98 Å². The van der Waals surface area contributed by atoms with E-state index in [1.54, 1.807) is 18.5 Å². The highest BCUT2D eigenvalue weighted by molar-refractivity contribution is 9.10. The lowest BCUT2D eigenvalue weighted by molar-refractivity contribution is 0.611. The maximum atomic E-state index is 8.66. The molecule has 0 saturated heterocycles. The van der Waals surface area contributed by atoms with Gasteiger partial charge in [0.05, 0.1) is 4.47 Å². The van der Waals surface area contributed by atoms with Crippen LogP contribution < -0.4 is 0 Å². The Kier molecular flexibility index (Phi) is 1.59. The van der Waals surface area contributed by atoms with Crippen LogP contribution >= 0.6 is 15.9 Å². The third-order valence-electron chi connectivity index (χ3n) is 1.55. The zero-order chi connectivity index (χ0) is 8.55. The van der Waals surface area contributed by atoms with Gasteiger partial charge in [0.2, 0.25) is 0 Å². The Morgan fingerprint density at radius 3 is 3.17 bits per heavy atom. The molecule has 0 unspecified atom stereocenters. The summed E-state index contributed by atoms with van der Waals surface area (Å²) in [5, 5.41) is 9.53. The van der Waals surface area contributed by atoms with E-state index >= 15 is 0 Å². The number of nitriles is 1. The summed E-state index contributed by atoms with van der Waals surface area (Å²) in [7, 11) is 0. The first-order valence-corrected chi connectivity index (χ1v) is 4.04. The van der Waals surface area contributed by atoms with E-state index < -0.39 is 0 Å². The molecular weight excluding hydrogens is 220 g/mol. The molecule has 4 heteroatoms. The smallest absolute Gasteiger partial charge is 0.183 e. The zero-order valence-electron chi connectivity index (χ0n) is 5.91. The van der Waals surface area contributed by atoms with Gasteiger partial charge in [-0.2, -0.15) is 5.26 Å². The van der Waals surface area contributed by atoms with Crippen LogP contribution in [0.3, 0.4) is 0 Å². The summed E-state index contributed by atoms with van der Waals surface area (Å²) in [6, 6.07) is 3.75. The molecule has 0 atom stereocenters. The SMILES string of the molecule is N#Cc1nccc2c(Br)coc12. The Labute approximate surface area is 76.8 Å². The van der Waals surface area contributed by atoms with Crippen molar-refractivity contribution in [2.24, 2.45) is 0 Å². The fourth-order valence-electron chi connectivity index (χ4n) is 1.01. The Morgan fingerprint density at radius 2 is 2.42 bits per heavy atom. The number of aromatic nitrogens is 1. The van der Waals surface area contributed by atoms with E-state index in [0.29, 0.717) is 11.3 Å². The quantitative estimate of drug-likeness (QED) is 0.689. The summed E-state index contributed by atoms with van der Waals surface area (Å²) in [6.45, 7) is 0. The second-order valence-electron chi connectivity index (χ2n) is 2.23. The number of pyridine rings is 1. The Morgan fingerprint density at radius 1 is 1.58 bits per heavy atom. The van der Waals surface area contributed by atoms with Crippen LogP contribution in [0.4, 0.5) is 0 Å². The van der Waals surface area contributed by atoms with E-state index in [-0.39, 0.29) is 0 Å². The van der Waals surface area contributed by atoms with Gasteiger partial charge in [-0.3, -0.25) is 0 Å². The number of hydrogen-bond donors (Lipinski definition) is 0. The molecule has 3 nitrogen and oxygen atoms in total. The largest absolute Gasteiger partial charge is 0.460 e. The van der Waals surface area contributed by atoms with Crippen LogP contribution in [0.15, 0.2) is 27.4 Å². The monoisotopic (exact) mass is 222 g/mol. The lowest BCUT2D eigenvalue weighted by atomic mass is 10.3. The molecule has 2 aromatic heterocycles. The van der Waals surface area contributed by atoms with E-state index in [9.17, 15) is 0 Å². The van der Waals surface area contributed by atoms with Crippen molar-refractivity contribution in [3.63, 3.8) is 0 Å². The van der Waals surface area contributed by atoms with Crippen molar-refractivity contribution in [3.8, 4) is 6.07 Å². The van der Waals surface area contributed by atoms with Crippen molar-refractivity contribution in [1.29, 1.82) is 5.26 Å². The van der Waals surface area contributed by atoms with Crippen LogP contribution in [-0.2, 0) is 0 Å². The molecule has 0 bridgehead atoms. The van der Waals surface area contributed by atoms with Gasteiger partial charge >= 0.3 is 0 Å². The maximum absolute atomic E-state index is 8.66. The van der Waals surface area contributed by atoms with Crippen LogP contribution in [0.5, 0.6) is 0 Å². The van der Waals surface area contributed by atoms with Crippen LogP contribution in [0, 0.1) is 11.3 Å². The van der Waals surface area contributed by atoms with Gasteiger partial charge in [-0.05, 0) is 22.0 Å². The average molecular weight is 223 g/mol. The van der Waals surface area contributed by atoms with E-state index in [0.717, 1.165) is 9.86 Å². The first-order valence-electron chi connectivity index (χ1n) is 3.24. The zero-order valence-corrected chi connectivity index (χ0v) is 7.50. The number of furan rings is 1. The molecule has 0 aliphatic carbocycles. The lowest BCUT2D eigenvalue weighted by Gasteiger charge is -1.88. The molecule has 0 amide bonds. The molecule has 0 radical (unpaired) electrons. The molecule has 2 rings (SSSR count). The molecule has 0 saturated carbocycles. The Bertz CT molecular complexity index is 469. The van der Waals surface area contributed by atoms with Gasteiger partial charge in [0, 0.05) is 11.6 Å². The van der Waals surface area contributed by atoms with Gasteiger partial charge in [-0.1, -0.05) is 0 Å². The Balaban J connectivity index is 2.92. The number of hydrogen-bond acceptors (Lipinski definition) is 3. The molecule has 0 fully saturated rings. The minimum absolute atomic E-state index is 0.318. The second-order valence-corrected chi connectivity index (χ2v) is 3.09. The molecule has 0 spiro atoms. The topological polar surface area (TPSA) is 49.8 Å². The van der Waals surface area contributed by atoms with Gasteiger partial charge in [0.1, 0.15) is 12.3 Å². The summed E-state index contributed by atoms with van der Waals surface area (Å²) >= 11 is 3.30. The average Bonchev–Trinajstić information content (AvgIpc) is 2.48. The molecule has 0 aliphatic heterocycles. The highest BCUT2D eigenvalue weighted by Crippen LogP contribution is 2.26. The minimum Gasteiger partial charge on any atom is -0.460 e. The molecule has 58 valence electrons. The summed E-state index contributed by atoms with van der Waals surface area (Å²) in [5.41, 5.74) is 0.852. The van der Waals surface area contributed by atoms with Gasteiger partial charge < -0.3 is 4.42 Å². The number of nitrogens with zero attached hydrogens (tertiary/aromatic N) is 2. The number of fused-ring (bicyclic) bond motifs is 1. The highest BCUT2D eigenvalue weighted by atomic mass is 79.9. The van der Waals surface area contributed by atoms with Crippen LogP contribution in [0.25, 0.3) is 11.0 Å². The second kappa shape index (κ2) is 2.61. The number of rotatable bonds is 0. The summed E-state index contributed by atoms with van der Waals surface area (Å²) in [4.78, 5) is 3.86. The molecule has 0 aliphatic rings. The first kappa shape index (κ1) is 7.32. The van der Waals surface area contributed by atoms with Crippen LogP contribution in [0.1, 0.15) is 5.69 Å². The van der Waals surface area contributed by atoms with E-state index in [4.69, 9.17) is 9.68 Å². The van der Waals surface area contributed by atoms with Crippen LogP contribution in [-0.4, -0.2) is 4.98 Å². The van der Waals surface area contributed by atoms with Gasteiger partial charge in [0.25, 0.3) is 0 Å². The molecule has 12 heavy (non-hydrogen) atoms. The van der Waals surface area contributed by atoms with E-state index in [1.165, 1.54) is 0 Å². The van der Waals surface area contributed by atoms with Crippen molar-refractivity contribution in [2.75, 3.05) is 0 Å². The Hall–Kier alpha value is -1.34. The maximum Gasteiger partial charge on any atom is 0.183 e. The highest BCUT2D eigenvalue weighted by Gasteiger charge is 2.07. The van der Waals surface area contributed by atoms with Gasteiger partial charge in [-0.25, -0.2) is 4.98 Å². The van der Waals surface area contributed by atoms with E-state index in [2.05, 4.69) is 20.9 Å². The summed E-state index contributed by atoms with van der Waals surface area (Å²) in [5.74, 6) is 0. The van der Waals surface area contributed by atoms with E-state index in [1.807, 2.05) is 6.07 Å². The van der Waals surface area contributed by atoms with Crippen molar-refractivity contribution >= 4 is 26.9 Å². The minimum atomic E-state index is 0.318. The predicted octanol–water partition coefficient (Wildman–Crippen LogP) is 2.46.